The van der Waals surface area contributed by atoms with Crippen molar-refractivity contribution in [3.05, 3.63) is 65.2 Å². The van der Waals surface area contributed by atoms with Crippen LogP contribution >= 0.6 is 0 Å². The van der Waals surface area contributed by atoms with E-state index >= 15 is 0 Å². The summed E-state index contributed by atoms with van der Waals surface area (Å²) in [6.07, 6.45) is -4.39. The molecule has 132 valence electrons. The first-order valence-corrected chi connectivity index (χ1v) is 7.25. The molecule has 0 spiro atoms. The second-order valence-corrected chi connectivity index (χ2v) is 5.07. The molecule has 0 aromatic heterocycles. The van der Waals surface area contributed by atoms with E-state index in [2.05, 4.69) is 5.32 Å². The molecule has 2 amide bonds. The molecule has 3 N–H and O–H groups in total. The second kappa shape index (κ2) is 7.69. The molecule has 0 unspecified atom stereocenters. The average molecular weight is 352 g/mol. The van der Waals surface area contributed by atoms with Gasteiger partial charge in [-0.1, -0.05) is 0 Å². The van der Waals surface area contributed by atoms with Crippen LogP contribution in [0.1, 0.15) is 26.3 Å². The van der Waals surface area contributed by atoms with Crippen LogP contribution in [0.4, 0.5) is 13.2 Å². The van der Waals surface area contributed by atoms with Crippen LogP contribution in [0.3, 0.4) is 0 Å². The van der Waals surface area contributed by atoms with E-state index in [1.54, 1.807) is 0 Å². The summed E-state index contributed by atoms with van der Waals surface area (Å²) in [4.78, 5) is 22.8. The number of alkyl halides is 3. The summed E-state index contributed by atoms with van der Waals surface area (Å²) in [6.45, 7) is 0.258. The van der Waals surface area contributed by atoms with Crippen molar-refractivity contribution >= 4 is 11.8 Å². The molecule has 2 aromatic carbocycles. The largest absolute Gasteiger partial charge is 0.492 e. The zero-order valence-corrected chi connectivity index (χ0v) is 13.0. The lowest BCUT2D eigenvalue weighted by Crippen LogP contribution is -2.28. The number of primary amides is 1. The van der Waals surface area contributed by atoms with E-state index in [0.29, 0.717) is 11.1 Å². The average Bonchev–Trinajstić information content (AvgIpc) is 2.58. The molecule has 0 aliphatic carbocycles. The fourth-order valence-electron chi connectivity index (χ4n) is 1.96. The Morgan fingerprint density at radius 3 is 2.04 bits per heavy atom. The van der Waals surface area contributed by atoms with E-state index in [-0.39, 0.29) is 24.8 Å². The molecule has 0 saturated carbocycles. The zero-order chi connectivity index (χ0) is 18.4. The number of halogens is 3. The lowest BCUT2D eigenvalue weighted by atomic mass is 10.1. The molecule has 0 bridgehead atoms. The van der Waals surface area contributed by atoms with Crippen molar-refractivity contribution in [1.29, 1.82) is 0 Å². The molecule has 0 aliphatic heterocycles. The van der Waals surface area contributed by atoms with E-state index in [1.165, 1.54) is 36.4 Å². The third-order valence-electron chi connectivity index (χ3n) is 3.27. The molecule has 0 aliphatic rings. The minimum atomic E-state index is -4.39. The Morgan fingerprint density at radius 1 is 0.960 bits per heavy atom. The first kappa shape index (κ1) is 18.3. The Labute approximate surface area is 141 Å². The van der Waals surface area contributed by atoms with Crippen molar-refractivity contribution < 1.29 is 27.5 Å². The van der Waals surface area contributed by atoms with Crippen LogP contribution in [0.5, 0.6) is 5.75 Å². The Morgan fingerprint density at radius 2 is 1.52 bits per heavy atom. The van der Waals surface area contributed by atoms with Crippen LogP contribution in [-0.4, -0.2) is 25.0 Å². The molecule has 8 heteroatoms. The molecule has 0 heterocycles. The number of nitrogens with one attached hydrogen (secondary N) is 1. The van der Waals surface area contributed by atoms with Crippen molar-refractivity contribution in [2.75, 3.05) is 13.2 Å². The van der Waals surface area contributed by atoms with Crippen LogP contribution in [0.25, 0.3) is 0 Å². The van der Waals surface area contributed by atoms with Gasteiger partial charge in [0.15, 0.2) is 0 Å². The lowest BCUT2D eigenvalue weighted by Gasteiger charge is -2.10. The van der Waals surface area contributed by atoms with E-state index in [1.807, 2.05) is 0 Å². The monoisotopic (exact) mass is 352 g/mol. The van der Waals surface area contributed by atoms with Gasteiger partial charge < -0.3 is 15.8 Å². The molecule has 0 atom stereocenters. The third-order valence-corrected chi connectivity index (χ3v) is 3.27. The SMILES string of the molecule is NC(=O)c1ccc(C(=O)NCCOc2ccc(C(F)(F)F)cc2)cc1. The minimum absolute atomic E-state index is 0.0937. The summed E-state index contributed by atoms with van der Waals surface area (Å²) in [5.41, 5.74) is 4.99. The molecule has 25 heavy (non-hydrogen) atoms. The molecular formula is C17H15F3N2O3. The van der Waals surface area contributed by atoms with Gasteiger partial charge in [-0.25, -0.2) is 0 Å². The maximum atomic E-state index is 12.4. The summed E-state index contributed by atoms with van der Waals surface area (Å²) in [5.74, 6) is -0.683. The standard InChI is InChI=1S/C17H15F3N2O3/c18-17(19,20)13-5-7-14(8-6-13)25-10-9-22-16(24)12-3-1-11(2-4-12)15(21)23/h1-8H,9-10H2,(H2,21,23)(H,22,24). The Kier molecular flexibility index (Phi) is 5.63. The topological polar surface area (TPSA) is 81.4 Å². The first-order valence-electron chi connectivity index (χ1n) is 7.25. The van der Waals surface area contributed by atoms with Crippen molar-refractivity contribution in [2.45, 2.75) is 6.18 Å². The Hall–Kier alpha value is -3.03. The summed E-state index contributed by atoms with van der Waals surface area (Å²) >= 11 is 0. The van der Waals surface area contributed by atoms with Gasteiger partial charge in [-0.15, -0.1) is 0 Å². The van der Waals surface area contributed by atoms with Gasteiger partial charge in [-0.2, -0.15) is 13.2 Å². The van der Waals surface area contributed by atoms with Gasteiger partial charge in [0.2, 0.25) is 5.91 Å². The zero-order valence-electron chi connectivity index (χ0n) is 13.0. The summed E-state index contributed by atoms with van der Waals surface area (Å²) < 4.78 is 42.6. The van der Waals surface area contributed by atoms with Gasteiger partial charge in [-0.3, -0.25) is 9.59 Å². The van der Waals surface area contributed by atoms with Gasteiger partial charge in [0, 0.05) is 11.1 Å². The molecule has 0 radical (unpaired) electrons. The number of nitrogens with two attached hydrogens (primary N) is 1. The number of benzene rings is 2. The predicted molar refractivity (Wildman–Crippen MR) is 84.2 cm³/mol. The summed E-state index contributed by atoms with van der Waals surface area (Å²) in [7, 11) is 0. The number of hydrogen-bond acceptors (Lipinski definition) is 3. The van der Waals surface area contributed by atoms with Crippen molar-refractivity contribution in [3.8, 4) is 5.75 Å². The van der Waals surface area contributed by atoms with Crippen molar-refractivity contribution in [3.63, 3.8) is 0 Å². The number of rotatable bonds is 6. The van der Waals surface area contributed by atoms with Gasteiger partial charge in [0.25, 0.3) is 5.91 Å². The minimum Gasteiger partial charge on any atom is -0.492 e. The smallest absolute Gasteiger partial charge is 0.416 e. The number of ether oxygens (including phenoxy) is 1. The second-order valence-electron chi connectivity index (χ2n) is 5.07. The van der Waals surface area contributed by atoms with Crippen LogP contribution in [-0.2, 0) is 6.18 Å². The van der Waals surface area contributed by atoms with Gasteiger partial charge in [-0.05, 0) is 48.5 Å². The lowest BCUT2D eigenvalue weighted by molar-refractivity contribution is -0.137. The van der Waals surface area contributed by atoms with Gasteiger partial charge >= 0.3 is 6.18 Å². The number of amides is 2. The van der Waals surface area contributed by atoms with Crippen LogP contribution in [0.15, 0.2) is 48.5 Å². The molecular weight excluding hydrogens is 337 g/mol. The number of carbonyl (C=O) groups is 2. The highest BCUT2D eigenvalue weighted by molar-refractivity contribution is 5.97. The Balaban J connectivity index is 1.78. The molecule has 0 saturated heterocycles. The van der Waals surface area contributed by atoms with E-state index < -0.39 is 17.6 Å². The number of carbonyl (C=O) groups excluding carboxylic acids is 2. The van der Waals surface area contributed by atoms with Crippen LogP contribution in [0.2, 0.25) is 0 Å². The summed E-state index contributed by atoms with van der Waals surface area (Å²) in [6, 6.07) is 10.1. The molecule has 5 nitrogen and oxygen atoms in total. The highest BCUT2D eigenvalue weighted by atomic mass is 19.4. The fraction of sp³-hybridized carbons (Fsp3) is 0.176. The van der Waals surface area contributed by atoms with E-state index in [0.717, 1.165) is 12.1 Å². The number of hydrogen-bond donors (Lipinski definition) is 2. The predicted octanol–water partition coefficient (Wildman–Crippen LogP) is 2.61. The quantitative estimate of drug-likeness (QED) is 0.784. The fourth-order valence-corrected chi connectivity index (χ4v) is 1.96. The molecule has 2 rings (SSSR count). The highest BCUT2D eigenvalue weighted by Gasteiger charge is 2.29. The maximum absolute atomic E-state index is 12.4. The Bertz CT molecular complexity index is 741. The normalized spacial score (nSPS) is 11.0. The van der Waals surface area contributed by atoms with Gasteiger partial charge in [0.05, 0.1) is 12.1 Å². The molecule has 2 aromatic rings. The van der Waals surface area contributed by atoms with Crippen molar-refractivity contribution in [1.82, 2.24) is 5.32 Å². The maximum Gasteiger partial charge on any atom is 0.416 e. The van der Waals surface area contributed by atoms with Crippen LogP contribution in [0, 0.1) is 0 Å². The first-order chi connectivity index (χ1) is 11.8. The van der Waals surface area contributed by atoms with E-state index in [4.69, 9.17) is 10.5 Å². The van der Waals surface area contributed by atoms with E-state index in [9.17, 15) is 22.8 Å². The third kappa shape index (κ3) is 5.23. The van der Waals surface area contributed by atoms with Crippen LogP contribution < -0.4 is 15.8 Å². The molecule has 0 fully saturated rings. The van der Waals surface area contributed by atoms with Gasteiger partial charge in [0.1, 0.15) is 12.4 Å². The highest BCUT2D eigenvalue weighted by Crippen LogP contribution is 2.30. The van der Waals surface area contributed by atoms with Crippen molar-refractivity contribution in [2.24, 2.45) is 5.73 Å². The summed E-state index contributed by atoms with van der Waals surface area (Å²) in [5, 5.41) is 2.59.